The van der Waals surface area contributed by atoms with Gasteiger partial charge >= 0.3 is 0 Å². The number of hydrogen-bond acceptors (Lipinski definition) is 2. The van der Waals surface area contributed by atoms with Gasteiger partial charge in [0.2, 0.25) is 0 Å². The van der Waals surface area contributed by atoms with Crippen LogP contribution in [0.1, 0.15) is 45.2 Å². The number of pyridine rings is 1. The van der Waals surface area contributed by atoms with Crippen molar-refractivity contribution in [3.8, 4) is 0 Å². The van der Waals surface area contributed by atoms with Crippen molar-refractivity contribution in [3.05, 3.63) is 30.1 Å². The smallest absolute Gasteiger partial charge is 0.142 e. The highest BCUT2D eigenvalue weighted by molar-refractivity contribution is 5.83. The Labute approximate surface area is 103 Å². The van der Waals surface area contributed by atoms with E-state index in [-0.39, 0.29) is 11.3 Å². The lowest BCUT2D eigenvalue weighted by Crippen LogP contribution is -2.35. The van der Waals surface area contributed by atoms with E-state index in [9.17, 15) is 4.79 Å². The molecule has 0 bridgehead atoms. The molecule has 0 spiro atoms. The van der Waals surface area contributed by atoms with Crippen LogP contribution in [0.25, 0.3) is 0 Å². The standard InChI is InChI=1S/C15H21NO/c1-15(2)9-5-3-8-13(15)14(17)11-12-7-4-6-10-16-12/h4,6-7,10,13H,3,5,8-9,11H2,1-2H3. The van der Waals surface area contributed by atoms with Gasteiger partial charge in [0.15, 0.2) is 0 Å². The molecular formula is C15H21NO. The second-order valence-electron chi connectivity index (χ2n) is 5.75. The lowest BCUT2D eigenvalue weighted by molar-refractivity contribution is -0.127. The van der Waals surface area contributed by atoms with Crippen LogP contribution in [0.5, 0.6) is 0 Å². The van der Waals surface area contributed by atoms with Crippen molar-refractivity contribution in [1.82, 2.24) is 4.98 Å². The number of nitrogens with zero attached hydrogens (tertiary/aromatic N) is 1. The molecule has 2 nitrogen and oxygen atoms in total. The molecule has 1 atom stereocenters. The summed E-state index contributed by atoms with van der Waals surface area (Å²) in [5.41, 5.74) is 1.07. The first-order valence-electron chi connectivity index (χ1n) is 6.52. The predicted molar refractivity (Wildman–Crippen MR) is 68.7 cm³/mol. The molecule has 1 aliphatic carbocycles. The van der Waals surface area contributed by atoms with Gasteiger partial charge in [-0.05, 0) is 30.4 Å². The molecule has 1 saturated carbocycles. The summed E-state index contributed by atoms with van der Waals surface area (Å²) in [6.45, 7) is 4.46. The first-order valence-corrected chi connectivity index (χ1v) is 6.52. The number of carbonyl (C=O) groups excluding carboxylic acids is 1. The molecule has 17 heavy (non-hydrogen) atoms. The Hall–Kier alpha value is -1.18. The van der Waals surface area contributed by atoms with E-state index in [0.717, 1.165) is 12.1 Å². The van der Waals surface area contributed by atoms with Gasteiger partial charge in [-0.3, -0.25) is 9.78 Å². The van der Waals surface area contributed by atoms with Gasteiger partial charge in [-0.2, -0.15) is 0 Å². The molecule has 0 amide bonds. The van der Waals surface area contributed by atoms with E-state index >= 15 is 0 Å². The summed E-state index contributed by atoms with van der Waals surface area (Å²) in [6.07, 6.45) is 6.94. The van der Waals surface area contributed by atoms with E-state index in [0.29, 0.717) is 12.2 Å². The summed E-state index contributed by atoms with van der Waals surface area (Å²) in [5.74, 6) is 0.589. The Bertz CT molecular complexity index is 383. The molecule has 1 fully saturated rings. The van der Waals surface area contributed by atoms with Crippen LogP contribution in [0.3, 0.4) is 0 Å². The topological polar surface area (TPSA) is 30.0 Å². The van der Waals surface area contributed by atoms with Crippen molar-refractivity contribution in [1.29, 1.82) is 0 Å². The van der Waals surface area contributed by atoms with Gasteiger partial charge in [0.1, 0.15) is 5.78 Å². The van der Waals surface area contributed by atoms with E-state index < -0.39 is 0 Å². The first-order chi connectivity index (χ1) is 8.09. The average molecular weight is 231 g/mol. The molecule has 1 aromatic heterocycles. The molecule has 92 valence electrons. The summed E-state index contributed by atoms with van der Waals surface area (Å²) in [4.78, 5) is 16.6. The summed E-state index contributed by atoms with van der Waals surface area (Å²) in [6, 6.07) is 5.77. The zero-order valence-electron chi connectivity index (χ0n) is 10.8. The number of Topliss-reactive ketones (excluding diaryl/α,β-unsaturated/α-hetero) is 1. The monoisotopic (exact) mass is 231 g/mol. The Balaban J connectivity index is 2.04. The molecule has 0 aromatic carbocycles. The van der Waals surface area contributed by atoms with Crippen LogP contribution in [-0.4, -0.2) is 10.8 Å². The van der Waals surface area contributed by atoms with Crippen LogP contribution < -0.4 is 0 Å². The molecule has 1 aromatic rings. The molecule has 2 rings (SSSR count). The third-order valence-corrected chi connectivity index (χ3v) is 3.98. The van der Waals surface area contributed by atoms with Crippen LogP contribution in [0, 0.1) is 11.3 Å². The Morgan fingerprint density at radius 1 is 1.41 bits per heavy atom. The fourth-order valence-corrected chi connectivity index (χ4v) is 2.90. The fourth-order valence-electron chi connectivity index (χ4n) is 2.90. The van der Waals surface area contributed by atoms with Crippen molar-refractivity contribution >= 4 is 5.78 Å². The maximum absolute atomic E-state index is 12.3. The van der Waals surface area contributed by atoms with Crippen LogP contribution in [0.15, 0.2) is 24.4 Å². The number of hydrogen-bond donors (Lipinski definition) is 0. The van der Waals surface area contributed by atoms with Crippen molar-refractivity contribution in [3.63, 3.8) is 0 Å². The third kappa shape index (κ3) is 2.93. The quantitative estimate of drug-likeness (QED) is 0.798. The molecule has 0 saturated heterocycles. The number of ketones is 1. The maximum Gasteiger partial charge on any atom is 0.142 e. The lowest BCUT2D eigenvalue weighted by atomic mass is 9.66. The fraction of sp³-hybridized carbons (Fsp3) is 0.600. The van der Waals surface area contributed by atoms with E-state index in [1.165, 1.54) is 19.3 Å². The normalized spacial score (nSPS) is 23.3. The third-order valence-electron chi connectivity index (χ3n) is 3.98. The SMILES string of the molecule is CC1(C)CCCCC1C(=O)Cc1ccccn1. The lowest BCUT2D eigenvalue weighted by Gasteiger charge is -2.37. The second kappa shape index (κ2) is 4.99. The average Bonchev–Trinajstić information content (AvgIpc) is 2.29. The van der Waals surface area contributed by atoms with Crippen LogP contribution >= 0.6 is 0 Å². The van der Waals surface area contributed by atoms with Gasteiger partial charge in [0.05, 0.1) is 0 Å². The minimum absolute atomic E-state index is 0.171. The molecule has 0 radical (unpaired) electrons. The highest BCUT2D eigenvalue weighted by Gasteiger charge is 2.36. The maximum atomic E-state index is 12.3. The highest BCUT2D eigenvalue weighted by atomic mass is 16.1. The molecule has 0 aliphatic heterocycles. The van der Waals surface area contributed by atoms with Gasteiger partial charge in [0.25, 0.3) is 0 Å². The van der Waals surface area contributed by atoms with Crippen LogP contribution in [0.2, 0.25) is 0 Å². The first kappa shape index (κ1) is 12.3. The van der Waals surface area contributed by atoms with Crippen molar-refractivity contribution in [2.45, 2.75) is 46.0 Å². The Kier molecular flexibility index (Phi) is 3.60. The summed E-state index contributed by atoms with van der Waals surface area (Å²) >= 11 is 0. The Morgan fingerprint density at radius 2 is 2.24 bits per heavy atom. The molecular weight excluding hydrogens is 210 g/mol. The molecule has 2 heteroatoms. The molecule has 1 heterocycles. The number of rotatable bonds is 3. The largest absolute Gasteiger partial charge is 0.299 e. The minimum Gasteiger partial charge on any atom is -0.299 e. The van der Waals surface area contributed by atoms with E-state index in [1.807, 2.05) is 18.2 Å². The van der Waals surface area contributed by atoms with Gasteiger partial charge in [0, 0.05) is 24.2 Å². The van der Waals surface area contributed by atoms with Crippen LogP contribution in [0.4, 0.5) is 0 Å². The second-order valence-corrected chi connectivity index (χ2v) is 5.75. The van der Waals surface area contributed by atoms with Gasteiger partial charge in [-0.25, -0.2) is 0 Å². The summed E-state index contributed by atoms with van der Waals surface area (Å²) < 4.78 is 0. The molecule has 0 N–H and O–H groups in total. The zero-order valence-corrected chi connectivity index (χ0v) is 10.8. The van der Waals surface area contributed by atoms with E-state index in [4.69, 9.17) is 0 Å². The number of aromatic nitrogens is 1. The van der Waals surface area contributed by atoms with Crippen LogP contribution in [-0.2, 0) is 11.2 Å². The van der Waals surface area contributed by atoms with Crippen molar-refractivity contribution in [2.24, 2.45) is 11.3 Å². The minimum atomic E-state index is 0.171. The van der Waals surface area contributed by atoms with E-state index in [2.05, 4.69) is 18.8 Å². The molecule has 1 aliphatic rings. The zero-order chi connectivity index (χ0) is 12.3. The summed E-state index contributed by atoms with van der Waals surface area (Å²) in [5, 5.41) is 0. The van der Waals surface area contributed by atoms with Gasteiger partial charge < -0.3 is 0 Å². The summed E-state index contributed by atoms with van der Waals surface area (Å²) in [7, 11) is 0. The molecule has 1 unspecified atom stereocenters. The van der Waals surface area contributed by atoms with Gasteiger partial charge in [-0.1, -0.05) is 32.8 Å². The van der Waals surface area contributed by atoms with Crippen molar-refractivity contribution < 1.29 is 4.79 Å². The number of carbonyl (C=O) groups is 1. The Morgan fingerprint density at radius 3 is 2.88 bits per heavy atom. The predicted octanol–water partition coefficient (Wildman–Crippen LogP) is 3.41. The van der Waals surface area contributed by atoms with E-state index in [1.54, 1.807) is 6.20 Å². The van der Waals surface area contributed by atoms with Gasteiger partial charge in [-0.15, -0.1) is 0 Å². The van der Waals surface area contributed by atoms with Crippen molar-refractivity contribution in [2.75, 3.05) is 0 Å². The highest BCUT2D eigenvalue weighted by Crippen LogP contribution is 2.41.